The number of piperidine rings is 3. The van der Waals surface area contributed by atoms with E-state index < -0.39 is 23.4 Å². The zero-order valence-corrected chi connectivity index (χ0v) is 53.6. The van der Waals surface area contributed by atoms with Crippen molar-refractivity contribution in [1.82, 2.24) is 29.7 Å². The van der Waals surface area contributed by atoms with E-state index >= 15 is 0 Å². The number of carbonyl (C=O) groups excluding carboxylic acids is 3. The van der Waals surface area contributed by atoms with Crippen LogP contribution >= 0.6 is 0 Å². The summed E-state index contributed by atoms with van der Waals surface area (Å²) in [6, 6.07) is 49.1. The van der Waals surface area contributed by atoms with Gasteiger partial charge >= 0.3 is 12.2 Å². The second kappa shape index (κ2) is 29.9. The molecule has 6 heterocycles. The Bertz CT molecular complexity index is 3860. The summed E-state index contributed by atoms with van der Waals surface area (Å²) in [4.78, 5) is 55.4. The van der Waals surface area contributed by atoms with Gasteiger partial charge in [0.2, 0.25) is 0 Å². The Kier molecular flexibility index (Phi) is 21.7. The molecule has 6 aromatic carbocycles. The topological polar surface area (TPSA) is 218 Å². The average Bonchev–Trinajstić information content (AvgIpc) is 0.866. The number of hydrogen-bond donors (Lipinski definition) is 6. The van der Waals surface area contributed by atoms with E-state index in [4.69, 9.17) is 20.9 Å². The Labute approximate surface area is 530 Å². The maximum absolute atomic E-state index is 12.3. The summed E-state index contributed by atoms with van der Waals surface area (Å²) in [5.41, 5.74) is 19.3. The number of nitrogen functional groups attached to an aromatic ring is 2. The van der Waals surface area contributed by atoms with Crippen LogP contribution in [0.15, 0.2) is 164 Å². The lowest BCUT2D eigenvalue weighted by molar-refractivity contribution is -0.121. The monoisotopic (exact) mass is 1210 g/mol. The molecule has 3 saturated heterocycles. The SMILES string of the molecule is CC(C)(C)OC(=O)Nc1ccc(-c2ccc(N)nc2)c2ccccc12.CN1CCC(=O)CC1.CN1CCC(Nc2ccc(-c3ccc(N)c4ccccc34)cn2)CC1.CN1CCC(Nc2ccc(-c3ccc(NC(=O)OC(C)(C)C)c4ccccc34)cn2)CC1. The van der Waals surface area contributed by atoms with Gasteiger partial charge in [-0.25, -0.2) is 24.5 Å². The Morgan fingerprint density at radius 2 is 0.800 bits per heavy atom. The van der Waals surface area contributed by atoms with Gasteiger partial charge in [-0.3, -0.25) is 15.4 Å². The fourth-order valence-corrected chi connectivity index (χ4v) is 11.2. The molecule has 2 amide bonds. The highest BCUT2D eigenvalue weighted by atomic mass is 16.6. The van der Waals surface area contributed by atoms with Crippen molar-refractivity contribution >= 4 is 84.8 Å². The number of likely N-dealkylation sites (tertiary alicyclic amines) is 3. The number of anilines is 6. The molecule has 17 heteroatoms. The molecule has 0 radical (unpaired) electrons. The standard InChI is InChI=1S/C26H32N4O2.C21H24N4.C20H21N3O2.C6H11NO/c1-26(2,3)32-25(31)29-23-11-10-20(21-7-5-6-8-22(21)23)18-9-12-24(27-17-18)28-19-13-15-30(4)16-14-19;1-25-12-10-16(11-13-25)24-21-9-6-15(14-23-21)17-7-8-20(22)19-5-3-2-4-18(17)19;1-20(2,3)25-19(24)23-17-10-9-14(13-8-11-18(21)22-12-13)15-6-4-5-7-16(15)17;1-7-4-2-6(8)3-5-7/h5-12,17,19H,13-16H2,1-4H3,(H,27,28)(H,29,31);2-9,14,16H,10-13,22H2,1H3,(H,23,24);4-12H,1-3H3,(H2,21,22)(H,23,24);2-5H2,1H3. The number of amides is 2. The van der Waals surface area contributed by atoms with E-state index in [9.17, 15) is 14.4 Å². The second-order valence-electron chi connectivity index (χ2n) is 25.5. The molecule has 17 nitrogen and oxygen atoms in total. The predicted octanol–water partition coefficient (Wildman–Crippen LogP) is 14.9. The zero-order valence-electron chi connectivity index (χ0n) is 53.6. The Balaban J connectivity index is 0.000000152. The van der Waals surface area contributed by atoms with Crippen LogP contribution in [0.5, 0.6) is 0 Å². The highest BCUT2D eigenvalue weighted by Gasteiger charge is 2.22. The number of nitrogens with zero attached hydrogens (tertiary/aromatic N) is 6. The number of pyridine rings is 3. The van der Waals surface area contributed by atoms with Crippen LogP contribution in [-0.4, -0.2) is 131 Å². The number of nitrogens with two attached hydrogens (primary N) is 2. The number of carbonyl (C=O) groups is 3. The van der Waals surface area contributed by atoms with Crippen molar-refractivity contribution in [2.45, 2.75) is 103 Å². The molecule has 12 rings (SSSR count). The molecule has 9 aromatic rings. The van der Waals surface area contributed by atoms with E-state index in [2.05, 4.69) is 120 Å². The molecule has 0 aliphatic carbocycles. The van der Waals surface area contributed by atoms with Crippen molar-refractivity contribution in [3.8, 4) is 33.4 Å². The number of benzene rings is 6. The third-order valence-corrected chi connectivity index (χ3v) is 16.0. The van der Waals surface area contributed by atoms with Gasteiger partial charge in [-0.15, -0.1) is 0 Å². The highest BCUT2D eigenvalue weighted by molar-refractivity contribution is 6.08. The van der Waals surface area contributed by atoms with Gasteiger partial charge in [0.25, 0.3) is 0 Å². The van der Waals surface area contributed by atoms with Gasteiger partial charge in [0.05, 0.1) is 11.4 Å². The van der Waals surface area contributed by atoms with Gasteiger partial charge in [-0.2, -0.15) is 0 Å². The maximum atomic E-state index is 12.3. The largest absolute Gasteiger partial charge is 0.444 e. The van der Waals surface area contributed by atoms with Gasteiger partial charge in [-0.05, 0) is 202 Å². The van der Waals surface area contributed by atoms with Crippen molar-refractivity contribution in [3.05, 3.63) is 164 Å². The summed E-state index contributed by atoms with van der Waals surface area (Å²) >= 11 is 0. The fraction of sp³-hybridized carbons (Fsp3) is 0.342. The smallest absolute Gasteiger partial charge is 0.412 e. The molecule has 0 bridgehead atoms. The minimum Gasteiger partial charge on any atom is -0.444 e. The van der Waals surface area contributed by atoms with E-state index in [1.165, 1.54) is 23.8 Å². The highest BCUT2D eigenvalue weighted by Crippen LogP contribution is 2.36. The van der Waals surface area contributed by atoms with Crippen molar-refractivity contribution in [3.63, 3.8) is 0 Å². The number of nitrogens with one attached hydrogen (secondary N) is 4. The molecule has 3 aliphatic heterocycles. The van der Waals surface area contributed by atoms with Crippen LogP contribution in [0.3, 0.4) is 0 Å². The number of fused-ring (bicyclic) bond motifs is 3. The molecular formula is C73H88N12O5. The summed E-state index contributed by atoms with van der Waals surface area (Å²) in [5, 5.41) is 19.1. The van der Waals surface area contributed by atoms with Gasteiger partial charge in [0.15, 0.2) is 0 Å². The molecule has 3 aliphatic rings. The van der Waals surface area contributed by atoms with E-state index in [1.807, 2.05) is 146 Å². The Morgan fingerprint density at radius 1 is 0.444 bits per heavy atom. The summed E-state index contributed by atoms with van der Waals surface area (Å²) < 4.78 is 10.8. The molecule has 0 unspecified atom stereocenters. The Hall–Kier alpha value is -9.16. The molecule has 0 saturated carbocycles. The van der Waals surface area contributed by atoms with Crippen LogP contribution in [0, 0.1) is 0 Å². The van der Waals surface area contributed by atoms with Gasteiger partial charge in [-0.1, -0.05) is 91.0 Å². The van der Waals surface area contributed by atoms with Gasteiger partial charge in [0, 0.05) is 95.1 Å². The van der Waals surface area contributed by atoms with Crippen LogP contribution in [0.4, 0.5) is 44.1 Å². The van der Waals surface area contributed by atoms with Crippen molar-refractivity contribution in [1.29, 1.82) is 0 Å². The first-order valence-electron chi connectivity index (χ1n) is 31.2. The van der Waals surface area contributed by atoms with Crippen LogP contribution in [0.25, 0.3) is 65.7 Å². The van der Waals surface area contributed by atoms with Crippen molar-refractivity contribution in [2.24, 2.45) is 0 Å². The van der Waals surface area contributed by atoms with E-state index in [-0.39, 0.29) is 0 Å². The third kappa shape index (κ3) is 18.5. The third-order valence-electron chi connectivity index (χ3n) is 16.0. The number of ether oxygens (including phenoxy) is 2. The van der Waals surface area contributed by atoms with Crippen LogP contribution in [-0.2, 0) is 14.3 Å². The molecule has 3 fully saturated rings. The number of hydrogen-bond acceptors (Lipinski definition) is 15. The first kappa shape index (κ1) is 65.3. The quantitative estimate of drug-likeness (QED) is 0.0741. The van der Waals surface area contributed by atoms with E-state index in [1.54, 1.807) is 12.3 Å². The average molecular weight is 1210 g/mol. The number of Topliss-reactive ketones (excluding diaryl/α,β-unsaturated/α-hetero) is 1. The van der Waals surface area contributed by atoms with Crippen LogP contribution < -0.4 is 32.7 Å². The van der Waals surface area contributed by atoms with Crippen molar-refractivity contribution in [2.75, 3.05) is 93.1 Å². The molecular weight excluding hydrogens is 1120 g/mol. The molecule has 3 aromatic heterocycles. The second-order valence-corrected chi connectivity index (χ2v) is 25.5. The summed E-state index contributed by atoms with van der Waals surface area (Å²) in [5.74, 6) is 2.77. The summed E-state index contributed by atoms with van der Waals surface area (Å²) in [6.45, 7) is 17.5. The zero-order chi connectivity index (χ0) is 64.0. The predicted molar refractivity (Wildman–Crippen MR) is 370 cm³/mol. The molecule has 8 N–H and O–H groups in total. The number of aromatic nitrogens is 3. The molecule has 0 atom stereocenters. The Morgan fingerprint density at radius 3 is 1.17 bits per heavy atom. The first-order valence-corrected chi connectivity index (χ1v) is 31.2. The van der Waals surface area contributed by atoms with Crippen LogP contribution in [0.1, 0.15) is 80.1 Å². The normalized spacial score (nSPS) is 15.3. The molecule has 90 heavy (non-hydrogen) atoms. The number of rotatable bonds is 9. The van der Waals surface area contributed by atoms with Gasteiger partial charge in [0.1, 0.15) is 34.4 Å². The van der Waals surface area contributed by atoms with E-state index in [0.29, 0.717) is 29.4 Å². The maximum Gasteiger partial charge on any atom is 0.412 e. The minimum absolute atomic E-state index is 0.420. The summed E-state index contributed by atoms with van der Waals surface area (Å²) in [6.07, 6.45) is 10.8. The molecule has 470 valence electrons. The number of ketones is 1. The lowest BCUT2D eigenvalue weighted by atomic mass is 9.98. The first-order chi connectivity index (χ1) is 43.1. The lowest BCUT2D eigenvalue weighted by Crippen LogP contribution is -2.36. The summed E-state index contributed by atoms with van der Waals surface area (Å²) in [7, 11) is 6.40. The van der Waals surface area contributed by atoms with Crippen LogP contribution in [0.2, 0.25) is 0 Å². The lowest BCUT2D eigenvalue weighted by Gasteiger charge is -2.29. The fourth-order valence-electron chi connectivity index (χ4n) is 11.2. The van der Waals surface area contributed by atoms with E-state index in [0.717, 1.165) is 143 Å². The van der Waals surface area contributed by atoms with Gasteiger partial charge < -0.3 is 46.3 Å². The van der Waals surface area contributed by atoms with Crippen molar-refractivity contribution < 1.29 is 23.9 Å². The minimum atomic E-state index is -0.547. The molecule has 0 spiro atoms.